The summed E-state index contributed by atoms with van der Waals surface area (Å²) in [5, 5.41) is 15.4. The molecule has 0 heterocycles. The highest BCUT2D eigenvalue weighted by Gasteiger charge is 2.40. The molecular weight excluding hydrogens is 542 g/mol. The Bertz CT molecular complexity index is 947. The number of carbonyl (C=O) groups excluding carboxylic acids is 2. The van der Waals surface area contributed by atoms with E-state index in [1.54, 1.807) is 0 Å². The maximum Gasteiger partial charge on any atom is 0.322 e. The zero-order chi connectivity index (χ0) is 30.8. The van der Waals surface area contributed by atoms with Crippen molar-refractivity contribution in [3.8, 4) is 0 Å². The molecule has 0 bridgehead atoms. The molecule has 2 atom stereocenters. The third-order valence-electron chi connectivity index (χ3n) is 8.69. The number of sulfonamides is 1. The quantitative estimate of drug-likeness (QED) is 0.225. The maximum absolute atomic E-state index is 13.6. The molecule has 0 radical (unpaired) electrons. The van der Waals surface area contributed by atoms with E-state index in [0.29, 0.717) is 50.5 Å². The molecule has 2 aliphatic carbocycles. The molecule has 2 saturated carbocycles. The Kier molecular flexibility index (Phi) is 14.1. The lowest BCUT2D eigenvalue weighted by Crippen LogP contribution is -2.51. The summed E-state index contributed by atoms with van der Waals surface area (Å²) in [5.74, 6) is -0.584. The van der Waals surface area contributed by atoms with Gasteiger partial charge in [-0.25, -0.2) is 8.42 Å². The number of nitrogens with one attached hydrogen (secondary N) is 2. The van der Waals surface area contributed by atoms with E-state index in [1.165, 1.54) is 10.7 Å². The van der Waals surface area contributed by atoms with Gasteiger partial charge < -0.3 is 15.7 Å². The number of carbonyl (C=O) groups is 3. The second-order valence-corrected chi connectivity index (χ2v) is 16.2. The van der Waals surface area contributed by atoms with Crippen molar-refractivity contribution in [3.63, 3.8) is 0 Å². The Morgan fingerprint density at radius 2 is 1.56 bits per heavy atom. The molecule has 0 aromatic rings. The van der Waals surface area contributed by atoms with Crippen LogP contribution in [0.25, 0.3) is 0 Å². The minimum absolute atomic E-state index is 0.00201. The van der Waals surface area contributed by atoms with Crippen LogP contribution >= 0.6 is 0 Å². The summed E-state index contributed by atoms with van der Waals surface area (Å²) in [5.41, 5.74) is -0.602. The normalized spacial score (nSPS) is 22.3. The lowest BCUT2D eigenvalue weighted by molar-refractivity contribution is -0.142. The Morgan fingerprint density at radius 3 is 2.10 bits per heavy atom. The third kappa shape index (κ3) is 11.5. The smallest absolute Gasteiger partial charge is 0.322 e. The molecule has 0 aromatic heterocycles. The average Bonchev–Trinajstić information content (AvgIpc) is 2.89. The second kappa shape index (κ2) is 16.2. The Morgan fingerprint density at radius 1 is 0.951 bits per heavy atom. The highest BCUT2D eigenvalue weighted by molar-refractivity contribution is 7.89. The molecule has 0 aromatic carbocycles. The van der Waals surface area contributed by atoms with E-state index in [2.05, 4.69) is 17.6 Å². The van der Waals surface area contributed by atoms with E-state index < -0.39 is 38.7 Å². The first kappa shape index (κ1) is 35.5. The van der Waals surface area contributed by atoms with Gasteiger partial charge in [0.15, 0.2) is 0 Å². The SMILES string of the molecule is CC(C)CN([C@@H](CCCCNC(=O)[C@H](CC1CCCCC1)NC(=O)C(C)(C)C)C(=O)O)S(=O)(=O)C1CCC(C)CC1. The van der Waals surface area contributed by atoms with Gasteiger partial charge in [-0.3, -0.25) is 14.4 Å². The van der Waals surface area contributed by atoms with Crippen LogP contribution in [0.4, 0.5) is 0 Å². The first-order valence-corrected chi connectivity index (χ1v) is 17.4. The summed E-state index contributed by atoms with van der Waals surface area (Å²) in [7, 11) is -3.75. The van der Waals surface area contributed by atoms with Gasteiger partial charge in [-0.05, 0) is 69.1 Å². The monoisotopic (exact) mass is 599 g/mol. The van der Waals surface area contributed by atoms with Gasteiger partial charge >= 0.3 is 5.97 Å². The van der Waals surface area contributed by atoms with Gasteiger partial charge in [-0.15, -0.1) is 0 Å². The van der Waals surface area contributed by atoms with E-state index in [4.69, 9.17) is 0 Å². The van der Waals surface area contributed by atoms with Crippen LogP contribution in [-0.4, -0.2) is 66.0 Å². The van der Waals surface area contributed by atoms with E-state index in [0.717, 1.165) is 38.5 Å². The zero-order valence-corrected chi connectivity index (χ0v) is 27.2. The molecule has 2 fully saturated rings. The molecule has 0 unspecified atom stereocenters. The standard InChI is InChI=1S/C31H57N3O6S/c1-22(2)21-34(41(39,40)25-17-15-23(3)16-18-25)27(29(36)37)14-10-11-19-32-28(35)26(33-30(38)31(4,5)6)20-24-12-8-7-9-13-24/h22-27H,7-21H2,1-6H3,(H,32,35)(H,33,38)(H,36,37)/t23?,25?,26-,27-/m0/s1. The molecule has 0 aliphatic heterocycles. The average molecular weight is 600 g/mol. The summed E-state index contributed by atoms with van der Waals surface area (Å²) in [4.78, 5) is 38.1. The summed E-state index contributed by atoms with van der Waals surface area (Å²) in [6, 6.07) is -1.72. The van der Waals surface area contributed by atoms with Gasteiger partial charge in [0.05, 0.1) is 5.25 Å². The van der Waals surface area contributed by atoms with Crippen molar-refractivity contribution in [2.24, 2.45) is 23.2 Å². The van der Waals surface area contributed by atoms with Crippen molar-refractivity contribution in [3.05, 3.63) is 0 Å². The highest BCUT2D eigenvalue weighted by Crippen LogP contribution is 2.32. The van der Waals surface area contributed by atoms with Crippen molar-refractivity contribution in [1.82, 2.24) is 14.9 Å². The van der Waals surface area contributed by atoms with Gasteiger partial charge in [0.1, 0.15) is 12.1 Å². The Balaban J connectivity index is 1.98. The predicted octanol–water partition coefficient (Wildman–Crippen LogP) is 5.09. The van der Waals surface area contributed by atoms with E-state index in [9.17, 15) is 27.9 Å². The van der Waals surface area contributed by atoms with Crippen LogP contribution in [0.15, 0.2) is 0 Å². The van der Waals surface area contributed by atoms with Crippen LogP contribution in [0.2, 0.25) is 0 Å². The fourth-order valence-corrected chi connectivity index (χ4v) is 8.34. The fourth-order valence-electron chi connectivity index (χ4n) is 6.04. The molecule has 10 heteroatoms. The number of rotatable bonds is 15. The van der Waals surface area contributed by atoms with Gasteiger partial charge in [0, 0.05) is 18.5 Å². The Labute approximate surface area is 249 Å². The maximum atomic E-state index is 13.6. The number of carboxylic acids is 1. The number of unbranched alkanes of at least 4 members (excludes halogenated alkanes) is 1. The Hall–Kier alpha value is -1.68. The van der Waals surface area contributed by atoms with Gasteiger partial charge in [-0.1, -0.05) is 73.6 Å². The van der Waals surface area contributed by atoms with Crippen LogP contribution in [0.5, 0.6) is 0 Å². The molecule has 41 heavy (non-hydrogen) atoms. The van der Waals surface area contributed by atoms with E-state index in [-0.39, 0.29) is 30.7 Å². The molecule has 2 aliphatic rings. The number of hydrogen-bond acceptors (Lipinski definition) is 5. The lowest BCUT2D eigenvalue weighted by atomic mass is 9.84. The zero-order valence-electron chi connectivity index (χ0n) is 26.4. The molecule has 9 nitrogen and oxygen atoms in total. The first-order chi connectivity index (χ1) is 19.1. The van der Waals surface area contributed by atoms with Crippen LogP contribution in [0.3, 0.4) is 0 Å². The lowest BCUT2D eigenvalue weighted by Gasteiger charge is -2.35. The van der Waals surface area contributed by atoms with Crippen molar-refractivity contribution in [1.29, 1.82) is 0 Å². The summed E-state index contributed by atoms with van der Waals surface area (Å²) in [6.45, 7) is 11.9. The van der Waals surface area contributed by atoms with Crippen molar-refractivity contribution in [2.75, 3.05) is 13.1 Å². The number of hydrogen-bond donors (Lipinski definition) is 3. The highest BCUT2D eigenvalue weighted by atomic mass is 32.2. The summed E-state index contributed by atoms with van der Waals surface area (Å²) in [6.07, 6.45) is 10.3. The van der Waals surface area contributed by atoms with Crippen LogP contribution < -0.4 is 10.6 Å². The van der Waals surface area contributed by atoms with Crippen LogP contribution in [0, 0.1) is 23.2 Å². The first-order valence-electron chi connectivity index (χ1n) is 15.9. The van der Waals surface area contributed by atoms with Crippen LogP contribution in [-0.2, 0) is 24.4 Å². The largest absolute Gasteiger partial charge is 0.480 e. The fraction of sp³-hybridized carbons (Fsp3) is 0.903. The number of nitrogens with zero attached hydrogens (tertiary/aromatic N) is 1. The minimum Gasteiger partial charge on any atom is -0.480 e. The van der Waals surface area contributed by atoms with Gasteiger partial charge in [-0.2, -0.15) is 4.31 Å². The summed E-state index contributed by atoms with van der Waals surface area (Å²) < 4.78 is 28.5. The van der Waals surface area contributed by atoms with Crippen LogP contribution in [0.1, 0.15) is 125 Å². The second-order valence-electron chi connectivity index (χ2n) is 14.0. The van der Waals surface area contributed by atoms with Crippen molar-refractivity contribution < 1.29 is 27.9 Å². The number of carboxylic acid groups (broad SMARTS) is 1. The van der Waals surface area contributed by atoms with Gasteiger partial charge in [0.2, 0.25) is 21.8 Å². The van der Waals surface area contributed by atoms with E-state index >= 15 is 0 Å². The summed E-state index contributed by atoms with van der Waals surface area (Å²) >= 11 is 0. The molecular formula is C31H57N3O6S. The van der Waals surface area contributed by atoms with E-state index in [1.807, 2.05) is 34.6 Å². The molecule has 238 valence electrons. The molecule has 3 N–H and O–H groups in total. The molecule has 0 spiro atoms. The number of aliphatic carboxylic acids is 1. The van der Waals surface area contributed by atoms with Crippen molar-refractivity contribution >= 4 is 27.8 Å². The molecule has 2 amide bonds. The molecule has 0 saturated heterocycles. The number of amides is 2. The predicted molar refractivity (Wildman–Crippen MR) is 163 cm³/mol. The topological polar surface area (TPSA) is 133 Å². The third-order valence-corrected chi connectivity index (χ3v) is 11.1. The van der Waals surface area contributed by atoms with Crippen molar-refractivity contribution in [2.45, 2.75) is 142 Å². The minimum atomic E-state index is -3.75. The molecule has 2 rings (SSSR count). The van der Waals surface area contributed by atoms with Gasteiger partial charge in [0.25, 0.3) is 0 Å².